The second-order valence-corrected chi connectivity index (χ2v) is 7.91. The van der Waals surface area contributed by atoms with Gasteiger partial charge in [-0.3, -0.25) is 4.79 Å². The van der Waals surface area contributed by atoms with Gasteiger partial charge in [0.15, 0.2) is 5.78 Å². The number of aromatic nitrogens is 3. The fourth-order valence-electron chi connectivity index (χ4n) is 3.53. The van der Waals surface area contributed by atoms with Crippen LogP contribution < -0.4 is 0 Å². The van der Waals surface area contributed by atoms with Crippen molar-refractivity contribution in [3.05, 3.63) is 76.6 Å². The van der Waals surface area contributed by atoms with E-state index < -0.39 is 0 Å². The van der Waals surface area contributed by atoms with Crippen LogP contribution in [0, 0.1) is 0 Å². The molecule has 1 aliphatic rings. The van der Waals surface area contributed by atoms with Crippen LogP contribution in [0.25, 0.3) is 15.3 Å². The fourth-order valence-corrected chi connectivity index (χ4v) is 4.60. The highest BCUT2D eigenvalue weighted by atomic mass is 35.5. The van der Waals surface area contributed by atoms with E-state index in [0.717, 1.165) is 38.6 Å². The summed E-state index contributed by atoms with van der Waals surface area (Å²) in [6, 6.07) is 15.8. The van der Waals surface area contributed by atoms with Crippen molar-refractivity contribution >= 4 is 38.9 Å². The average Bonchev–Trinajstić information content (AvgIpc) is 3.26. The molecule has 4 nitrogen and oxygen atoms in total. The number of benzene rings is 2. The standard InChI is InChI=1S/C20H14ClN3OS/c21-14-7-5-12(6-8-14)13-9-17-15(18(25)10-13)11-22-24(17)20-23-16-3-1-2-4-19(16)26-20/h1-8,11,13H,9-10H2/t13-/m1/s1. The van der Waals surface area contributed by atoms with E-state index in [1.165, 1.54) is 0 Å². The van der Waals surface area contributed by atoms with E-state index in [2.05, 4.69) is 10.1 Å². The van der Waals surface area contributed by atoms with Crippen molar-refractivity contribution in [3.8, 4) is 5.13 Å². The Morgan fingerprint density at radius 3 is 2.69 bits per heavy atom. The van der Waals surface area contributed by atoms with E-state index in [4.69, 9.17) is 11.6 Å². The Kier molecular flexibility index (Phi) is 3.65. The molecule has 0 saturated heterocycles. The van der Waals surface area contributed by atoms with Gasteiger partial charge in [0.25, 0.3) is 0 Å². The molecule has 2 heterocycles. The maximum absolute atomic E-state index is 12.7. The maximum atomic E-state index is 12.7. The summed E-state index contributed by atoms with van der Waals surface area (Å²) in [5, 5.41) is 5.99. The number of fused-ring (bicyclic) bond motifs is 2. The van der Waals surface area contributed by atoms with Crippen LogP contribution in [-0.2, 0) is 6.42 Å². The molecule has 2 aromatic heterocycles. The number of para-hydroxylation sites is 1. The lowest BCUT2D eigenvalue weighted by Crippen LogP contribution is -2.20. The maximum Gasteiger partial charge on any atom is 0.211 e. The van der Waals surface area contributed by atoms with Gasteiger partial charge >= 0.3 is 0 Å². The summed E-state index contributed by atoms with van der Waals surface area (Å²) in [4.78, 5) is 17.3. The molecule has 0 saturated carbocycles. The first-order valence-electron chi connectivity index (χ1n) is 8.40. The zero-order valence-electron chi connectivity index (χ0n) is 13.7. The van der Waals surface area contributed by atoms with E-state index in [9.17, 15) is 4.79 Å². The van der Waals surface area contributed by atoms with Gasteiger partial charge in [-0.05, 0) is 42.2 Å². The van der Waals surface area contributed by atoms with E-state index in [1.54, 1.807) is 17.5 Å². The van der Waals surface area contributed by atoms with Crippen molar-refractivity contribution < 1.29 is 4.79 Å². The third-order valence-electron chi connectivity index (χ3n) is 4.85. The second kappa shape index (κ2) is 6.04. The SMILES string of the molecule is O=C1C[C@H](c2ccc(Cl)cc2)Cc2c1cnn2-c1nc2ccccc2s1. The van der Waals surface area contributed by atoms with Crippen LogP contribution in [0.3, 0.4) is 0 Å². The predicted molar refractivity (Wildman–Crippen MR) is 104 cm³/mol. The van der Waals surface area contributed by atoms with E-state index in [1.807, 2.05) is 53.2 Å². The van der Waals surface area contributed by atoms with Crippen molar-refractivity contribution in [2.24, 2.45) is 0 Å². The monoisotopic (exact) mass is 379 g/mol. The zero-order chi connectivity index (χ0) is 17.7. The van der Waals surface area contributed by atoms with Gasteiger partial charge in [0.2, 0.25) is 5.13 Å². The number of hydrogen-bond donors (Lipinski definition) is 0. The summed E-state index contributed by atoms with van der Waals surface area (Å²) in [7, 11) is 0. The molecule has 0 aliphatic heterocycles. The minimum atomic E-state index is 0.136. The molecule has 0 fully saturated rings. The van der Waals surface area contributed by atoms with Crippen molar-refractivity contribution in [1.82, 2.24) is 14.8 Å². The summed E-state index contributed by atoms with van der Waals surface area (Å²) in [5.74, 6) is 0.274. The third kappa shape index (κ3) is 2.55. The van der Waals surface area contributed by atoms with Gasteiger partial charge in [-0.1, -0.05) is 47.2 Å². The van der Waals surface area contributed by atoms with Crippen LogP contribution in [0.1, 0.15) is 34.0 Å². The molecule has 0 N–H and O–H groups in total. The molecule has 1 atom stereocenters. The molecule has 128 valence electrons. The van der Waals surface area contributed by atoms with Gasteiger partial charge < -0.3 is 0 Å². The van der Waals surface area contributed by atoms with E-state index >= 15 is 0 Å². The fraction of sp³-hybridized carbons (Fsp3) is 0.150. The number of rotatable bonds is 2. The molecule has 5 rings (SSSR count). The molecule has 0 radical (unpaired) electrons. The molecular formula is C20H14ClN3OS. The van der Waals surface area contributed by atoms with E-state index in [0.29, 0.717) is 11.4 Å². The van der Waals surface area contributed by atoms with Gasteiger partial charge in [-0.2, -0.15) is 5.10 Å². The van der Waals surface area contributed by atoms with Crippen LogP contribution in [0.2, 0.25) is 5.02 Å². The number of carbonyl (C=O) groups excluding carboxylic acids is 1. The van der Waals surface area contributed by atoms with Crippen molar-refractivity contribution in [2.45, 2.75) is 18.8 Å². The highest BCUT2D eigenvalue weighted by Gasteiger charge is 2.30. The second-order valence-electron chi connectivity index (χ2n) is 6.46. The number of hydrogen-bond acceptors (Lipinski definition) is 4. The first-order valence-corrected chi connectivity index (χ1v) is 9.60. The van der Waals surface area contributed by atoms with Crippen LogP contribution in [0.5, 0.6) is 0 Å². The molecule has 2 aromatic carbocycles. The van der Waals surface area contributed by atoms with Crippen molar-refractivity contribution in [1.29, 1.82) is 0 Å². The summed E-state index contributed by atoms with van der Waals surface area (Å²) >= 11 is 7.59. The molecule has 0 spiro atoms. The van der Waals surface area contributed by atoms with Crippen LogP contribution in [-0.4, -0.2) is 20.5 Å². The highest BCUT2D eigenvalue weighted by molar-refractivity contribution is 7.20. The molecular weight excluding hydrogens is 366 g/mol. The minimum absolute atomic E-state index is 0.136. The highest BCUT2D eigenvalue weighted by Crippen LogP contribution is 2.35. The number of carbonyl (C=O) groups is 1. The lowest BCUT2D eigenvalue weighted by molar-refractivity contribution is 0.0964. The number of Topliss-reactive ketones (excluding diaryl/α,β-unsaturated/α-hetero) is 1. The topological polar surface area (TPSA) is 47.8 Å². The first kappa shape index (κ1) is 15.7. The molecule has 6 heteroatoms. The lowest BCUT2D eigenvalue weighted by atomic mass is 9.82. The van der Waals surface area contributed by atoms with Crippen molar-refractivity contribution in [3.63, 3.8) is 0 Å². The van der Waals surface area contributed by atoms with Crippen LogP contribution >= 0.6 is 22.9 Å². The van der Waals surface area contributed by atoms with Gasteiger partial charge in [0.05, 0.1) is 27.7 Å². The largest absolute Gasteiger partial charge is 0.294 e. The predicted octanol–water partition coefficient (Wildman–Crippen LogP) is 5.05. The lowest BCUT2D eigenvalue weighted by Gasteiger charge is -2.22. The molecule has 1 aliphatic carbocycles. The smallest absolute Gasteiger partial charge is 0.211 e. The molecule has 4 aromatic rings. The summed E-state index contributed by atoms with van der Waals surface area (Å²) in [6.07, 6.45) is 2.95. The van der Waals surface area contributed by atoms with Gasteiger partial charge in [-0.15, -0.1) is 0 Å². The number of thiazole rings is 1. The molecule has 0 unspecified atom stereocenters. The van der Waals surface area contributed by atoms with Crippen LogP contribution in [0.15, 0.2) is 54.7 Å². The Labute approximate surface area is 159 Å². The molecule has 26 heavy (non-hydrogen) atoms. The van der Waals surface area contributed by atoms with E-state index in [-0.39, 0.29) is 11.7 Å². The van der Waals surface area contributed by atoms with Crippen molar-refractivity contribution in [2.75, 3.05) is 0 Å². The van der Waals surface area contributed by atoms with Gasteiger partial charge in [-0.25, -0.2) is 9.67 Å². The Morgan fingerprint density at radius 1 is 1.08 bits per heavy atom. The Hall–Kier alpha value is -2.50. The van der Waals surface area contributed by atoms with Gasteiger partial charge in [0.1, 0.15) is 0 Å². The first-order chi connectivity index (χ1) is 12.7. The number of halogens is 1. The zero-order valence-corrected chi connectivity index (χ0v) is 15.3. The number of ketones is 1. The quantitative estimate of drug-likeness (QED) is 0.489. The third-order valence-corrected chi connectivity index (χ3v) is 6.11. The normalized spacial score (nSPS) is 16.8. The van der Waals surface area contributed by atoms with Gasteiger partial charge in [0, 0.05) is 11.4 Å². The summed E-state index contributed by atoms with van der Waals surface area (Å²) in [6.45, 7) is 0. The minimum Gasteiger partial charge on any atom is -0.294 e. The average molecular weight is 380 g/mol. The number of nitrogens with zero attached hydrogens (tertiary/aromatic N) is 3. The summed E-state index contributed by atoms with van der Waals surface area (Å²) in [5.41, 5.74) is 3.74. The Morgan fingerprint density at radius 2 is 1.88 bits per heavy atom. The summed E-state index contributed by atoms with van der Waals surface area (Å²) < 4.78 is 2.95. The molecule has 0 amide bonds. The Bertz CT molecular complexity index is 1100. The Balaban J connectivity index is 1.57. The molecule has 0 bridgehead atoms. The van der Waals surface area contributed by atoms with Crippen LogP contribution in [0.4, 0.5) is 0 Å².